The molecule has 1 atom stereocenters. The molecule has 1 aromatic carbocycles. The lowest BCUT2D eigenvalue weighted by molar-refractivity contribution is -0.137. The summed E-state index contributed by atoms with van der Waals surface area (Å²) < 4.78 is 37.8. The van der Waals surface area contributed by atoms with Crippen LogP contribution in [0.4, 0.5) is 13.2 Å². The first kappa shape index (κ1) is 16.8. The number of amides is 1. The lowest BCUT2D eigenvalue weighted by Gasteiger charge is -2.17. The molecule has 0 radical (unpaired) electrons. The van der Waals surface area contributed by atoms with Crippen molar-refractivity contribution in [2.24, 2.45) is 11.7 Å². The number of alkyl halides is 3. The fourth-order valence-corrected chi connectivity index (χ4v) is 2.22. The zero-order valence-electron chi connectivity index (χ0n) is 10.7. The molecule has 3 nitrogen and oxygen atoms in total. The molecule has 7 heteroatoms. The van der Waals surface area contributed by atoms with E-state index in [9.17, 15) is 18.0 Å². The van der Waals surface area contributed by atoms with Crippen LogP contribution in [0, 0.1) is 5.92 Å². The van der Waals surface area contributed by atoms with E-state index in [4.69, 9.17) is 5.73 Å². The van der Waals surface area contributed by atoms with Gasteiger partial charge in [-0.15, -0.1) is 12.4 Å². The molecule has 20 heavy (non-hydrogen) atoms. The van der Waals surface area contributed by atoms with Crippen molar-refractivity contribution >= 4 is 18.3 Å². The number of rotatable bonds is 2. The van der Waals surface area contributed by atoms with Gasteiger partial charge < -0.3 is 10.6 Å². The third kappa shape index (κ3) is 3.64. The molecule has 1 aromatic rings. The van der Waals surface area contributed by atoms with E-state index < -0.39 is 11.7 Å². The van der Waals surface area contributed by atoms with Crippen LogP contribution in [-0.4, -0.2) is 30.4 Å². The Hall–Kier alpha value is -1.27. The van der Waals surface area contributed by atoms with E-state index in [2.05, 4.69) is 0 Å². The van der Waals surface area contributed by atoms with Gasteiger partial charge in [0.1, 0.15) is 0 Å². The van der Waals surface area contributed by atoms with Crippen LogP contribution < -0.4 is 5.73 Å². The largest absolute Gasteiger partial charge is 0.416 e. The van der Waals surface area contributed by atoms with E-state index in [1.165, 1.54) is 12.1 Å². The third-order valence-electron chi connectivity index (χ3n) is 3.34. The molecule has 1 aliphatic heterocycles. The average Bonchev–Trinajstić information content (AvgIpc) is 2.86. The molecule has 2 N–H and O–H groups in total. The van der Waals surface area contributed by atoms with Gasteiger partial charge in [0, 0.05) is 18.7 Å². The summed E-state index contributed by atoms with van der Waals surface area (Å²) >= 11 is 0. The number of nitrogens with two attached hydrogens (primary N) is 1. The molecule has 1 unspecified atom stereocenters. The minimum absolute atomic E-state index is 0. The zero-order chi connectivity index (χ0) is 14.0. The Balaban J connectivity index is 0.00000200. The van der Waals surface area contributed by atoms with E-state index in [0.29, 0.717) is 19.6 Å². The first-order valence-electron chi connectivity index (χ1n) is 6.08. The summed E-state index contributed by atoms with van der Waals surface area (Å²) in [7, 11) is 0. The van der Waals surface area contributed by atoms with Gasteiger partial charge in [-0.2, -0.15) is 13.2 Å². The minimum atomic E-state index is -4.43. The molecular weight excluding hydrogens is 293 g/mol. The van der Waals surface area contributed by atoms with Crippen LogP contribution in [-0.2, 0) is 6.18 Å². The highest BCUT2D eigenvalue weighted by Gasteiger charge is 2.32. The Morgan fingerprint density at radius 1 is 1.40 bits per heavy atom. The van der Waals surface area contributed by atoms with Crippen LogP contribution in [0.15, 0.2) is 24.3 Å². The van der Waals surface area contributed by atoms with Crippen molar-refractivity contribution in [1.29, 1.82) is 0 Å². The highest BCUT2D eigenvalue weighted by Crippen LogP contribution is 2.30. The summed E-state index contributed by atoms with van der Waals surface area (Å²) in [6, 6.07) is 4.53. The van der Waals surface area contributed by atoms with Crippen molar-refractivity contribution in [2.75, 3.05) is 19.6 Å². The summed E-state index contributed by atoms with van der Waals surface area (Å²) in [6.07, 6.45) is -3.62. The highest BCUT2D eigenvalue weighted by molar-refractivity contribution is 5.94. The Kier molecular flexibility index (Phi) is 5.42. The van der Waals surface area contributed by atoms with Crippen LogP contribution in [0.5, 0.6) is 0 Å². The molecule has 0 aromatic heterocycles. The maximum Gasteiger partial charge on any atom is 0.416 e. The van der Waals surface area contributed by atoms with Crippen LogP contribution in [0.25, 0.3) is 0 Å². The molecule has 0 aliphatic carbocycles. The molecule has 1 amide bonds. The smallest absolute Gasteiger partial charge is 0.338 e. The number of hydrogen-bond donors (Lipinski definition) is 1. The molecule has 2 rings (SSSR count). The van der Waals surface area contributed by atoms with Crippen LogP contribution in [0.2, 0.25) is 0 Å². The SMILES string of the molecule is Cl.NCC1CCN(C(=O)c2cccc(C(F)(F)F)c2)C1. The Morgan fingerprint density at radius 2 is 2.10 bits per heavy atom. The summed E-state index contributed by atoms with van der Waals surface area (Å²) in [4.78, 5) is 13.7. The van der Waals surface area contributed by atoms with Gasteiger partial charge in [-0.3, -0.25) is 4.79 Å². The Labute approximate surface area is 121 Å². The monoisotopic (exact) mass is 308 g/mol. The number of halogens is 4. The van der Waals surface area contributed by atoms with Gasteiger partial charge in [0.25, 0.3) is 5.91 Å². The number of hydrogen-bond acceptors (Lipinski definition) is 2. The van der Waals surface area contributed by atoms with Crippen molar-refractivity contribution in [3.8, 4) is 0 Å². The summed E-state index contributed by atoms with van der Waals surface area (Å²) in [6.45, 7) is 1.56. The van der Waals surface area contributed by atoms with E-state index >= 15 is 0 Å². The van der Waals surface area contributed by atoms with Crippen molar-refractivity contribution in [3.63, 3.8) is 0 Å². The predicted octanol–water partition coefficient (Wildman–Crippen LogP) is 2.55. The van der Waals surface area contributed by atoms with Crippen molar-refractivity contribution in [2.45, 2.75) is 12.6 Å². The third-order valence-corrected chi connectivity index (χ3v) is 3.34. The number of carbonyl (C=O) groups excluding carboxylic acids is 1. The lowest BCUT2D eigenvalue weighted by Crippen LogP contribution is -2.30. The predicted molar refractivity (Wildman–Crippen MR) is 71.8 cm³/mol. The Morgan fingerprint density at radius 3 is 2.65 bits per heavy atom. The molecule has 112 valence electrons. The maximum atomic E-state index is 12.6. The van der Waals surface area contributed by atoms with Crippen molar-refractivity contribution in [3.05, 3.63) is 35.4 Å². The molecular formula is C13H16ClF3N2O. The minimum Gasteiger partial charge on any atom is -0.338 e. The zero-order valence-corrected chi connectivity index (χ0v) is 11.5. The van der Waals surface area contributed by atoms with Crippen LogP contribution in [0.1, 0.15) is 22.3 Å². The van der Waals surface area contributed by atoms with Gasteiger partial charge in [-0.05, 0) is 37.1 Å². The van der Waals surface area contributed by atoms with Crippen molar-refractivity contribution in [1.82, 2.24) is 4.90 Å². The van der Waals surface area contributed by atoms with E-state index in [1.54, 1.807) is 4.90 Å². The molecule has 0 saturated carbocycles. The van der Waals surface area contributed by atoms with Gasteiger partial charge >= 0.3 is 6.18 Å². The number of likely N-dealkylation sites (tertiary alicyclic amines) is 1. The number of benzene rings is 1. The maximum absolute atomic E-state index is 12.6. The molecule has 1 heterocycles. The Bertz CT molecular complexity index is 479. The van der Waals surface area contributed by atoms with Crippen LogP contribution >= 0.6 is 12.4 Å². The second-order valence-corrected chi connectivity index (χ2v) is 4.72. The fraction of sp³-hybridized carbons (Fsp3) is 0.462. The van der Waals surface area contributed by atoms with Gasteiger partial charge in [0.2, 0.25) is 0 Å². The van der Waals surface area contributed by atoms with Gasteiger partial charge in [0.15, 0.2) is 0 Å². The molecule has 1 fully saturated rings. The lowest BCUT2D eigenvalue weighted by atomic mass is 10.1. The van der Waals surface area contributed by atoms with E-state index in [1.807, 2.05) is 0 Å². The normalized spacial score (nSPS) is 18.8. The second-order valence-electron chi connectivity index (χ2n) is 4.72. The number of carbonyl (C=O) groups is 1. The number of nitrogens with zero attached hydrogens (tertiary/aromatic N) is 1. The summed E-state index contributed by atoms with van der Waals surface area (Å²) in [5.41, 5.74) is 4.81. The first-order chi connectivity index (χ1) is 8.91. The van der Waals surface area contributed by atoms with Crippen LogP contribution in [0.3, 0.4) is 0 Å². The molecule has 1 aliphatic rings. The molecule has 0 bridgehead atoms. The molecule has 0 spiro atoms. The van der Waals surface area contributed by atoms with Gasteiger partial charge in [-0.1, -0.05) is 6.07 Å². The quantitative estimate of drug-likeness (QED) is 0.912. The fourth-order valence-electron chi connectivity index (χ4n) is 2.22. The van der Waals surface area contributed by atoms with E-state index in [0.717, 1.165) is 18.6 Å². The summed E-state index contributed by atoms with van der Waals surface area (Å²) in [5, 5.41) is 0. The van der Waals surface area contributed by atoms with Gasteiger partial charge in [-0.25, -0.2) is 0 Å². The first-order valence-corrected chi connectivity index (χ1v) is 6.08. The summed E-state index contributed by atoms with van der Waals surface area (Å²) in [5.74, 6) is -0.114. The second kappa shape index (κ2) is 6.45. The standard InChI is InChI=1S/C13H15F3N2O.ClH/c14-13(15,16)11-3-1-2-10(6-11)12(19)18-5-4-9(7-17)8-18;/h1-3,6,9H,4-5,7-8,17H2;1H. The van der Waals surface area contributed by atoms with Crippen molar-refractivity contribution < 1.29 is 18.0 Å². The molecule has 1 saturated heterocycles. The average molecular weight is 309 g/mol. The van der Waals surface area contributed by atoms with E-state index in [-0.39, 0.29) is 29.8 Å². The van der Waals surface area contributed by atoms with Gasteiger partial charge in [0.05, 0.1) is 5.56 Å². The highest BCUT2D eigenvalue weighted by atomic mass is 35.5. The topological polar surface area (TPSA) is 46.3 Å².